The molecule has 1 amide bonds. The van der Waals surface area contributed by atoms with Crippen molar-refractivity contribution in [2.75, 3.05) is 13.2 Å². The Kier molecular flexibility index (Phi) is 4.26. The standard InChI is InChI=1S/C10H10FN3O/c11-9-4-2-1-3-8(9)10(15)14-7-13-6-5-12/h1-4,13H,6-7H2,(H,14,15). The first kappa shape index (κ1) is 11.1. The quantitative estimate of drug-likeness (QED) is 0.432. The molecule has 0 aliphatic rings. The van der Waals surface area contributed by atoms with Crippen LogP contribution < -0.4 is 10.6 Å². The summed E-state index contributed by atoms with van der Waals surface area (Å²) in [5.41, 5.74) is -0.00347. The number of nitrogens with one attached hydrogen (secondary N) is 2. The van der Waals surface area contributed by atoms with Gasteiger partial charge < -0.3 is 5.32 Å². The van der Waals surface area contributed by atoms with Gasteiger partial charge in [-0.15, -0.1) is 0 Å². The van der Waals surface area contributed by atoms with Crippen molar-refractivity contribution in [1.29, 1.82) is 5.26 Å². The smallest absolute Gasteiger partial charge is 0.255 e. The Labute approximate surface area is 86.7 Å². The van der Waals surface area contributed by atoms with Crippen molar-refractivity contribution in [1.82, 2.24) is 10.6 Å². The number of hydrogen-bond acceptors (Lipinski definition) is 3. The highest BCUT2D eigenvalue weighted by atomic mass is 19.1. The van der Waals surface area contributed by atoms with Gasteiger partial charge in [0.1, 0.15) is 5.82 Å². The second kappa shape index (κ2) is 5.73. The fourth-order valence-electron chi connectivity index (χ4n) is 1.00. The first-order valence-corrected chi connectivity index (χ1v) is 4.36. The fraction of sp³-hybridized carbons (Fsp3) is 0.200. The van der Waals surface area contributed by atoms with Gasteiger partial charge in [-0.25, -0.2) is 4.39 Å². The van der Waals surface area contributed by atoms with Crippen molar-refractivity contribution < 1.29 is 9.18 Å². The van der Waals surface area contributed by atoms with Crippen LogP contribution in [0, 0.1) is 17.1 Å². The number of carbonyl (C=O) groups is 1. The van der Waals surface area contributed by atoms with Gasteiger partial charge >= 0.3 is 0 Å². The van der Waals surface area contributed by atoms with Gasteiger partial charge in [0.05, 0.1) is 24.8 Å². The fourth-order valence-corrected chi connectivity index (χ4v) is 1.00. The molecular weight excluding hydrogens is 197 g/mol. The van der Waals surface area contributed by atoms with Crippen LogP contribution in [0.3, 0.4) is 0 Å². The molecule has 0 aliphatic heterocycles. The third kappa shape index (κ3) is 3.37. The maximum absolute atomic E-state index is 13.1. The van der Waals surface area contributed by atoms with E-state index in [1.807, 2.05) is 6.07 Å². The second-order valence-electron chi connectivity index (χ2n) is 2.75. The molecule has 2 N–H and O–H groups in total. The molecule has 0 saturated heterocycles. The topological polar surface area (TPSA) is 64.9 Å². The van der Waals surface area contributed by atoms with Crippen molar-refractivity contribution in [3.63, 3.8) is 0 Å². The molecule has 0 radical (unpaired) electrons. The summed E-state index contributed by atoms with van der Waals surface area (Å²) >= 11 is 0. The van der Waals surface area contributed by atoms with Crippen LogP contribution in [0.2, 0.25) is 0 Å². The zero-order chi connectivity index (χ0) is 11.1. The van der Waals surface area contributed by atoms with Crippen LogP contribution in [0.4, 0.5) is 4.39 Å². The monoisotopic (exact) mass is 207 g/mol. The summed E-state index contributed by atoms with van der Waals surface area (Å²) in [7, 11) is 0. The highest BCUT2D eigenvalue weighted by Gasteiger charge is 2.08. The molecule has 15 heavy (non-hydrogen) atoms. The van der Waals surface area contributed by atoms with Crippen LogP contribution >= 0.6 is 0 Å². The number of nitriles is 1. The Balaban J connectivity index is 2.48. The molecular formula is C10H10FN3O. The predicted octanol–water partition coefficient (Wildman–Crippen LogP) is 0.626. The highest BCUT2D eigenvalue weighted by molar-refractivity contribution is 5.94. The molecule has 1 aromatic carbocycles. The van der Waals surface area contributed by atoms with Crippen molar-refractivity contribution in [3.05, 3.63) is 35.6 Å². The lowest BCUT2D eigenvalue weighted by Gasteiger charge is -2.05. The molecule has 0 aliphatic carbocycles. The van der Waals surface area contributed by atoms with Crippen molar-refractivity contribution >= 4 is 5.91 Å². The Morgan fingerprint density at radius 3 is 2.87 bits per heavy atom. The van der Waals surface area contributed by atoms with Crippen LogP contribution in [0.5, 0.6) is 0 Å². The summed E-state index contributed by atoms with van der Waals surface area (Å²) in [6.07, 6.45) is 0. The average molecular weight is 207 g/mol. The number of hydrogen-bond donors (Lipinski definition) is 2. The summed E-state index contributed by atoms with van der Waals surface area (Å²) in [6.45, 7) is 0.276. The minimum absolute atomic E-state index is 0.00347. The normalized spacial score (nSPS) is 9.33. The van der Waals surface area contributed by atoms with E-state index in [-0.39, 0.29) is 18.8 Å². The largest absolute Gasteiger partial charge is 0.339 e. The molecule has 4 nitrogen and oxygen atoms in total. The van der Waals surface area contributed by atoms with Gasteiger partial charge in [0.15, 0.2) is 0 Å². The predicted molar refractivity (Wildman–Crippen MR) is 52.3 cm³/mol. The van der Waals surface area contributed by atoms with Gasteiger partial charge in [-0.3, -0.25) is 10.1 Å². The van der Waals surface area contributed by atoms with E-state index in [9.17, 15) is 9.18 Å². The Morgan fingerprint density at radius 1 is 1.47 bits per heavy atom. The lowest BCUT2D eigenvalue weighted by molar-refractivity contribution is 0.0947. The van der Waals surface area contributed by atoms with Gasteiger partial charge in [0.2, 0.25) is 0 Å². The zero-order valence-corrected chi connectivity index (χ0v) is 7.96. The zero-order valence-electron chi connectivity index (χ0n) is 7.96. The van der Waals surface area contributed by atoms with E-state index in [0.717, 1.165) is 0 Å². The van der Waals surface area contributed by atoms with Crippen molar-refractivity contribution in [2.24, 2.45) is 0 Å². The van der Waals surface area contributed by atoms with Crippen LogP contribution in [0.1, 0.15) is 10.4 Å². The van der Waals surface area contributed by atoms with Crippen molar-refractivity contribution in [2.45, 2.75) is 0 Å². The molecule has 5 heteroatoms. The third-order valence-electron chi connectivity index (χ3n) is 1.70. The molecule has 0 aromatic heterocycles. The van der Waals surface area contributed by atoms with E-state index in [1.54, 1.807) is 6.07 Å². The average Bonchev–Trinajstić information content (AvgIpc) is 2.25. The number of benzene rings is 1. The third-order valence-corrected chi connectivity index (χ3v) is 1.70. The Bertz CT molecular complexity index is 386. The first-order chi connectivity index (χ1) is 7.25. The molecule has 1 aromatic rings. The van der Waals surface area contributed by atoms with Gasteiger partial charge in [-0.05, 0) is 12.1 Å². The molecule has 0 atom stereocenters. The second-order valence-corrected chi connectivity index (χ2v) is 2.75. The lowest BCUT2D eigenvalue weighted by atomic mass is 10.2. The van der Waals surface area contributed by atoms with E-state index in [1.165, 1.54) is 18.2 Å². The van der Waals surface area contributed by atoms with Crippen LogP contribution in [-0.2, 0) is 0 Å². The molecule has 0 heterocycles. The Morgan fingerprint density at radius 2 is 2.20 bits per heavy atom. The first-order valence-electron chi connectivity index (χ1n) is 4.36. The van der Waals surface area contributed by atoms with Gasteiger partial charge in [0.25, 0.3) is 5.91 Å². The minimum Gasteiger partial charge on any atom is -0.339 e. The lowest BCUT2D eigenvalue weighted by Crippen LogP contribution is -2.34. The summed E-state index contributed by atoms with van der Waals surface area (Å²) in [6, 6.07) is 7.57. The van der Waals surface area contributed by atoms with Crippen molar-refractivity contribution in [3.8, 4) is 6.07 Å². The molecule has 0 spiro atoms. The minimum atomic E-state index is -0.560. The maximum atomic E-state index is 13.1. The van der Waals surface area contributed by atoms with Gasteiger partial charge in [0, 0.05) is 0 Å². The highest BCUT2D eigenvalue weighted by Crippen LogP contribution is 2.05. The van der Waals surface area contributed by atoms with E-state index >= 15 is 0 Å². The van der Waals surface area contributed by atoms with Crippen LogP contribution in [-0.4, -0.2) is 19.1 Å². The molecule has 78 valence electrons. The van der Waals surface area contributed by atoms with E-state index < -0.39 is 11.7 Å². The van der Waals surface area contributed by atoms with Gasteiger partial charge in [-0.2, -0.15) is 5.26 Å². The van der Waals surface area contributed by atoms with E-state index in [4.69, 9.17) is 5.26 Å². The maximum Gasteiger partial charge on any atom is 0.255 e. The number of amides is 1. The summed E-state index contributed by atoms with van der Waals surface area (Å²) < 4.78 is 13.1. The number of carbonyl (C=O) groups excluding carboxylic acids is 1. The molecule has 0 fully saturated rings. The Hall–Kier alpha value is -1.93. The number of halogens is 1. The SMILES string of the molecule is N#CCNCNC(=O)c1ccccc1F. The van der Waals surface area contributed by atoms with Crippen LogP contribution in [0.15, 0.2) is 24.3 Å². The molecule has 0 saturated carbocycles. The number of rotatable bonds is 4. The van der Waals surface area contributed by atoms with E-state index in [0.29, 0.717) is 0 Å². The molecule has 0 unspecified atom stereocenters. The molecule has 0 bridgehead atoms. The van der Waals surface area contributed by atoms with E-state index in [2.05, 4.69) is 10.6 Å². The summed E-state index contributed by atoms with van der Waals surface area (Å²) in [4.78, 5) is 11.4. The summed E-state index contributed by atoms with van der Waals surface area (Å²) in [5, 5.41) is 13.3. The summed E-state index contributed by atoms with van der Waals surface area (Å²) in [5.74, 6) is -1.06. The number of nitrogens with zero attached hydrogens (tertiary/aromatic N) is 1. The molecule has 1 rings (SSSR count). The van der Waals surface area contributed by atoms with Gasteiger partial charge in [-0.1, -0.05) is 12.1 Å². The van der Waals surface area contributed by atoms with Crippen LogP contribution in [0.25, 0.3) is 0 Å².